The molecule has 0 radical (unpaired) electrons. The Bertz CT molecular complexity index is 1910. The fourth-order valence-electron chi connectivity index (χ4n) is 5.39. The van der Waals surface area contributed by atoms with E-state index in [1.165, 1.54) is 4.57 Å². The van der Waals surface area contributed by atoms with E-state index in [2.05, 4.69) is 29.9 Å². The molecular formula is C20H24N10O13P2S. The number of phosphoric ester groups is 1. The first-order valence-corrected chi connectivity index (χ1v) is 17.2. The molecule has 23 nitrogen and oxygen atoms in total. The number of nitrogens with one attached hydrogen (secondary N) is 2. The number of rotatable bonds is 2. The fraction of sp³-hybridized carbons (Fsp3) is 0.500. The SMILES string of the molecule is Nc1nc2c(ncn2[C@@H]2O[C@@H]3COP(=O)(O)OC4[C@@H](COP(O)(=S)O[C@@H]3C2O)O[C@@H](n2cnc3c(=O)[nH]c(N)nc32)[C@H]4O)c(=O)[nH]1. The largest absolute Gasteiger partial charge is 0.472 e. The van der Waals surface area contributed by atoms with E-state index in [-0.39, 0.29) is 34.2 Å². The van der Waals surface area contributed by atoms with Crippen molar-refractivity contribution in [2.45, 2.75) is 49.1 Å². The molecule has 0 spiro atoms. The van der Waals surface area contributed by atoms with Crippen LogP contribution in [0.25, 0.3) is 22.3 Å². The quantitative estimate of drug-likeness (QED) is 0.0967. The van der Waals surface area contributed by atoms with Crippen molar-refractivity contribution in [2.75, 3.05) is 24.7 Å². The van der Waals surface area contributed by atoms with E-state index >= 15 is 0 Å². The highest BCUT2D eigenvalue weighted by Crippen LogP contribution is 2.53. The maximum Gasteiger partial charge on any atom is 0.472 e. The van der Waals surface area contributed by atoms with Gasteiger partial charge in [0, 0.05) is 0 Å². The summed E-state index contributed by atoms with van der Waals surface area (Å²) in [6, 6.07) is 0. The zero-order valence-electron chi connectivity index (χ0n) is 22.8. The Labute approximate surface area is 258 Å². The van der Waals surface area contributed by atoms with Crippen LogP contribution in [0.15, 0.2) is 22.2 Å². The lowest BCUT2D eigenvalue weighted by Gasteiger charge is -2.29. The molecule has 0 amide bonds. The summed E-state index contributed by atoms with van der Waals surface area (Å²) in [5.74, 6) is -0.500. The van der Waals surface area contributed by atoms with Gasteiger partial charge in [-0.3, -0.25) is 42.3 Å². The minimum atomic E-state index is -5.05. The first-order chi connectivity index (χ1) is 21.7. The number of anilines is 2. The number of nitrogens with zero attached hydrogens (tertiary/aromatic N) is 6. The minimum absolute atomic E-state index is 0.0685. The van der Waals surface area contributed by atoms with Crippen LogP contribution in [0.1, 0.15) is 12.5 Å². The summed E-state index contributed by atoms with van der Waals surface area (Å²) in [5, 5.41) is 22.4. The average Bonchev–Trinajstić information content (AvgIpc) is 3.72. The molecule has 3 aliphatic heterocycles. The minimum Gasteiger partial charge on any atom is -0.386 e. The van der Waals surface area contributed by atoms with Crippen molar-refractivity contribution in [3.8, 4) is 0 Å². The molecule has 0 aliphatic carbocycles. The summed E-state index contributed by atoms with van der Waals surface area (Å²) in [4.78, 5) is 66.6. The van der Waals surface area contributed by atoms with E-state index in [9.17, 15) is 34.2 Å². The van der Waals surface area contributed by atoms with Gasteiger partial charge in [0.05, 0.1) is 25.9 Å². The fourth-order valence-corrected chi connectivity index (χ4v) is 7.80. The number of phosphoric acid groups is 1. The first-order valence-electron chi connectivity index (χ1n) is 13.1. The molecule has 3 fully saturated rings. The van der Waals surface area contributed by atoms with Crippen LogP contribution in [-0.2, 0) is 43.9 Å². The molecule has 10 atom stereocenters. The van der Waals surface area contributed by atoms with Gasteiger partial charge in [0.25, 0.3) is 11.1 Å². The van der Waals surface area contributed by atoms with Crippen LogP contribution in [0.2, 0.25) is 0 Å². The lowest BCUT2D eigenvalue weighted by Crippen LogP contribution is -2.39. The Morgan fingerprint density at radius 1 is 0.826 bits per heavy atom. The number of nitrogens with two attached hydrogens (primary N) is 2. The topological polar surface area (TPSA) is 333 Å². The molecule has 46 heavy (non-hydrogen) atoms. The van der Waals surface area contributed by atoms with Crippen molar-refractivity contribution < 1.29 is 52.1 Å². The normalized spacial score (nSPS) is 37.1. The Morgan fingerprint density at radius 3 is 1.78 bits per heavy atom. The Kier molecular flexibility index (Phi) is 7.64. The molecule has 4 aromatic heterocycles. The Morgan fingerprint density at radius 2 is 1.28 bits per heavy atom. The molecule has 4 unspecified atom stereocenters. The predicted octanol–water partition coefficient (Wildman–Crippen LogP) is -2.93. The second-order valence-electron chi connectivity index (χ2n) is 10.3. The molecule has 0 bridgehead atoms. The van der Waals surface area contributed by atoms with E-state index in [4.69, 9.17) is 50.8 Å². The Balaban J connectivity index is 1.18. The number of hydrogen-bond acceptors (Lipinski definition) is 18. The molecule has 26 heteroatoms. The summed E-state index contributed by atoms with van der Waals surface area (Å²) < 4.78 is 48.7. The molecule has 248 valence electrons. The van der Waals surface area contributed by atoms with Crippen molar-refractivity contribution >= 4 is 60.6 Å². The van der Waals surface area contributed by atoms with Crippen molar-refractivity contribution in [1.82, 2.24) is 39.0 Å². The van der Waals surface area contributed by atoms with Gasteiger partial charge in [-0.05, 0) is 11.8 Å². The molecule has 10 N–H and O–H groups in total. The smallest absolute Gasteiger partial charge is 0.386 e. The van der Waals surface area contributed by atoms with Crippen LogP contribution in [0.5, 0.6) is 0 Å². The number of nitrogen functional groups attached to an aromatic ring is 2. The molecule has 3 aliphatic rings. The summed E-state index contributed by atoms with van der Waals surface area (Å²) in [7, 11) is -5.05. The lowest BCUT2D eigenvalue weighted by molar-refractivity contribution is -0.0629. The molecule has 3 saturated heterocycles. The standard InChI is InChI=1S/C20H24N10O13P2S/c21-19-25-13-7(15(33)27-19)23-3-29(13)17-9(31)11-6(41-17)2-39-45(37,46)43-12-5(1-38-44(35,36)42-11)40-18(10(12)32)30-4-24-8-14(30)26-20(22)28-16(8)34/h3-6,9-12,17-18,31-32H,1-2H2,(H,35,36)(H,37,46)(H3,21,25,27,33)(H3,22,26,28,34)/t5-,6-,9+,10?,11?,12+,17-,18-,45?/m1/s1. The van der Waals surface area contributed by atoms with Gasteiger partial charge in [0.1, 0.15) is 36.6 Å². The van der Waals surface area contributed by atoms with Gasteiger partial charge in [0.2, 0.25) is 11.9 Å². The van der Waals surface area contributed by atoms with Crippen LogP contribution in [-0.4, -0.2) is 109 Å². The van der Waals surface area contributed by atoms with Crippen molar-refractivity contribution in [2.24, 2.45) is 0 Å². The second-order valence-corrected chi connectivity index (χ2v) is 14.5. The maximum atomic E-state index is 13.1. The van der Waals surface area contributed by atoms with Crippen LogP contribution in [0.3, 0.4) is 0 Å². The zero-order valence-corrected chi connectivity index (χ0v) is 25.4. The van der Waals surface area contributed by atoms with Gasteiger partial charge in [-0.25, -0.2) is 14.5 Å². The Hall–Kier alpha value is -3.22. The highest BCUT2D eigenvalue weighted by Gasteiger charge is 2.53. The highest BCUT2D eigenvalue weighted by molar-refractivity contribution is 8.07. The van der Waals surface area contributed by atoms with Crippen LogP contribution < -0.4 is 22.6 Å². The number of fused-ring (bicyclic) bond motifs is 4. The first kappa shape index (κ1) is 31.4. The number of hydrogen-bond donors (Lipinski definition) is 8. The van der Waals surface area contributed by atoms with Gasteiger partial charge in [0.15, 0.2) is 34.8 Å². The van der Waals surface area contributed by atoms with Gasteiger partial charge < -0.3 is 45.5 Å². The number of aliphatic hydroxyl groups is 2. The molecular weight excluding hydrogens is 682 g/mol. The molecule has 0 saturated carbocycles. The number of H-pyrrole nitrogens is 2. The summed E-state index contributed by atoms with van der Waals surface area (Å²) >= 11 is 5.17. The van der Waals surface area contributed by atoms with E-state index in [1.54, 1.807) is 0 Å². The molecule has 7 heterocycles. The third-order valence-electron chi connectivity index (χ3n) is 7.38. The second kappa shape index (κ2) is 11.2. The van der Waals surface area contributed by atoms with Crippen molar-refractivity contribution in [3.63, 3.8) is 0 Å². The van der Waals surface area contributed by atoms with Gasteiger partial charge >= 0.3 is 14.5 Å². The van der Waals surface area contributed by atoms with Gasteiger partial charge in [-0.15, -0.1) is 0 Å². The van der Waals surface area contributed by atoms with Crippen molar-refractivity contribution in [1.29, 1.82) is 0 Å². The zero-order chi connectivity index (χ0) is 32.7. The maximum absolute atomic E-state index is 13.1. The highest BCUT2D eigenvalue weighted by atomic mass is 32.5. The van der Waals surface area contributed by atoms with E-state index in [1.807, 2.05) is 0 Å². The third-order valence-corrected chi connectivity index (χ3v) is 9.93. The number of aromatic amines is 2. The summed E-state index contributed by atoms with van der Waals surface area (Å²) in [5.41, 5.74) is 9.56. The average molecular weight is 706 g/mol. The van der Waals surface area contributed by atoms with Crippen LogP contribution >= 0.6 is 14.5 Å². The summed E-state index contributed by atoms with van der Waals surface area (Å²) in [6.45, 7) is -5.71. The molecule has 4 aromatic rings. The number of aromatic nitrogens is 8. The number of aliphatic hydroxyl groups excluding tert-OH is 2. The molecule has 0 aromatic carbocycles. The van der Waals surface area contributed by atoms with Crippen LogP contribution in [0.4, 0.5) is 11.9 Å². The van der Waals surface area contributed by atoms with Crippen LogP contribution in [0, 0.1) is 0 Å². The lowest BCUT2D eigenvalue weighted by atomic mass is 10.1. The van der Waals surface area contributed by atoms with Gasteiger partial charge in [-0.2, -0.15) is 9.97 Å². The summed E-state index contributed by atoms with van der Waals surface area (Å²) in [6.07, 6.45) is -9.86. The third kappa shape index (κ3) is 5.45. The number of ether oxygens (including phenoxy) is 2. The van der Waals surface area contributed by atoms with E-state index < -0.39 is 88.0 Å². The van der Waals surface area contributed by atoms with Crippen molar-refractivity contribution in [3.05, 3.63) is 33.4 Å². The van der Waals surface area contributed by atoms with E-state index in [0.717, 1.165) is 17.2 Å². The van der Waals surface area contributed by atoms with Gasteiger partial charge in [-0.1, -0.05) is 0 Å². The number of imidazole rings is 2. The van der Waals surface area contributed by atoms with E-state index in [0.29, 0.717) is 0 Å². The predicted molar refractivity (Wildman–Crippen MR) is 153 cm³/mol. The monoisotopic (exact) mass is 706 g/mol. The molecule has 7 rings (SSSR count).